The van der Waals surface area contributed by atoms with E-state index in [1.54, 1.807) is 20.8 Å². The van der Waals surface area contributed by atoms with Crippen molar-refractivity contribution >= 4 is 12.1 Å². The van der Waals surface area contributed by atoms with Crippen LogP contribution in [0.5, 0.6) is 0 Å². The van der Waals surface area contributed by atoms with Gasteiger partial charge in [0.1, 0.15) is 11.2 Å². The van der Waals surface area contributed by atoms with Gasteiger partial charge in [0.05, 0.1) is 6.10 Å². The Labute approximate surface area is 137 Å². The smallest absolute Gasteiger partial charge is 0.450 e. The van der Waals surface area contributed by atoms with Crippen LogP contribution in [0.4, 0.5) is 4.79 Å². The lowest BCUT2D eigenvalue weighted by Gasteiger charge is -2.39. The average Bonchev–Trinajstić information content (AvgIpc) is 2.41. The molecule has 1 aliphatic heterocycles. The van der Waals surface area contributed by atoms with Crippen LogP contribution >= 0.6 is 0 Å². The first kappa shape index (κ1) is 21.2. The zero-order chi connectivity index (χ0) is 18.4. The highest BCUT2D eigenvalue weighted by molar-refractivity contribution is 5.93. The van der Waals surface area contributed by atoms with Gasteiger partial charge in [-0.05, 0) is 46.5 Å². The van der Waals surface area contributed by atoms with E-state index < -0.39 is 11.8 Å². The summed E-state index contributed by atoms with van der Waals surface area (Å²) in [5.41, 5.74) is -0.0307. The van der Waals surface area contributed by atoms with Crippen molar-refractivity contribution in [1.29, 1.82) is 0 Å². The molecule has 0 atom stereocenters. The first-order valence-corrected chi connectivity index (χ1v) is 7.52. The predicted molar refractivity (Wildman–Crippen MR) is 83.4 cm³/mol. The first-order chi connectivity index (χ1) is 10.3. The molecule has 1 aliphatic rings. The zero-order valence-electron chi connectivity index (χ0n) is 15.2. The second-order valence-corrected chi connectivity index (χ2v) is 6.65. The van der Waals surface area contributed by atoms with Crippen molar-refractivity contribution < 1.29 is 33.9 Å². The third-order valence-corrected chi connectivity index (χ3v) is 3.97. The van der Waals surface area contributed by atoms with Gasteiger partial charge < -0.3 is 14.6 Å². The molecule has 0 aromatic carbocycles. The lowest BCUT2D eigenvalue weighted by molar-refractivity contribution is -0.371. The molecule has 0 aromatic heterocycles. The molecule has 1 N–H and O–H groups in total. The van der Waals surface area contributed by atoms with Crippen molar-refractivity contribution in [2.45, 2.75) is 73.5 Å². The molecule has 7 heteroatoms. The lowest BCUT2D eigenvalue weighted by Crippen LogP contribution is -2.41. The molecular formula is C16H28O7. The third-order valence-electron chi connectivity index (χ3n) is 3.97. The summed E-state index contributed by atoms with van der Waals surface area (Å²) in [6.45, 7) is 15.2. The molecule has 0 fully saturated rings. The van der Waals surface area contributed by atoms with Crippen LogP contribution in [-0.2, 0) is 24.0 Å². The van der Waals surface area contributed by atoms with Gasteiger partial charge in [-0.2, -0.15) is 4.89 Å². The van der Waals surface area contributed by atoms with E-state index in [0.29, 0.717) is 5.57 Å². The van der Waals surface area contributed by atoms with Gasteiger partial charge in [-0.3, -0.25) is 4.89 Å². The van der Waals surface area contributed by atoms with E-state index in [1.807, 2.05) is 13.8 Å². The number of hydrogen-bond acceptors (Lipinski definition) is 6. The minimum absolute atomic E-state index is 0.0325. The Morgan fingerprint density at radius 1 is 1.26 bits per heavy atom. The number of carbonyl (C=O) groups is 2. The SMILES string of the molecule is CC(C)OC(=O)O.CCC(C)(C)C(C)(C)OOC1=C(C)C(=O)O1. The van der Waals surface area contributed by atoms with E-state index in [-0.39, 0.29) is 23.4 Å². The zero-order valence-corrected chi connectivity index (χ0v) is 15.2. The van der Waals surface area contributed by atoms with Gasteiger partial charge in [0.2, 0.25) is 0 Å². The number of esters is 1. The average molecular weight is 332 g/mol. The van der Waals surface area contributed by atoms with E-state index in [2.05, 4.69) is 30.2 Å². The van der Waals surface area contributed by atoms with Crippen molar-refractivity contribution in [2.24, 2.45) is 5.41 Å². The molecule has 0 aromatic rings. The Balaban J connectivity index is 0.000000585. The predicted octanol–water partition coefficient (Wildman–Crippen LogP) is 4.03. The van der Waals surface area contributed by atoms with Gasteiger partial charge in [-0.1, -0.05) is 20.8 Å². The van der Waals surface area contributed by atoms with Gasteiger partial charge in [-0.25, -0.2) is 9.59 Å². The molecule has 23 heavy (non-hydrogen) atoms. The minimum atomic E-state index is -1.21. The second-order valence-electron chi connectivity index (χ2n) is 6.65. The van der Waals surface area contributed by atoms with Gasteiger partial charge >= 0.3 is 18.1 Å². The summed E-state index contributed by atoms with van der Waals surface area (Å²) in [4.78, 5) is 30.8. The molecule has 0 spiro atoms. The highest BCUT2D eigenvalue weighted by Crippen LogP contribution is 2.38. The molecule has 0 saturated carbocycles. The highest BCUT2D eigenvalue weighted by atomic mass is 17.2. The molecule has 7 nitrogen and oxygen atoms in total. The fourth-order valence-corrected chi connectivity index (χ4v) is 1.24. The maximum absolute atomic E-state index is 10.8. The molecule has 1 rings (SSSR count). The maximum atomic E-state index is 10.8. The molecule has 0 radical (unpaired) electrons. The van der Waals surface area contributed by atoms with Crippen LogP contribution in [0.1, 0.15) is 61.8 Å². The van der Waals surface area contributed by atoms with Gasteiger partial charge in [-0.15, -0.1) is 0 Å². The third kappa shape index (κ3) is 6.48. The summed E-state index contributed by atoms with van der Waals surface area (Å²) in [6.07, 6.45) is -0.478. The molecule has 0 unspecified atom stereocenters. The maximum Gasteiger partial charge on any atom is 0.506 e. The van der Waals surface area contributed by atoms with E-state index in [1.165, 1.54) is 0 Å². The van der Waals surface area contributed by atoms with Crippen LogP contribution < -0.4 is 0 Å². The standard InChI is InChI=1S/C12H20O4.C4H8O3/c1-7-11(3,4)12(5,6)16-15-10-8(2)9(13)14-10;1-3(2)7-4(5)6/h7H2,1-6H3;3H,1-2H3,(H,5,6). The van der Waals surface area contributed by atoms with Crippen LogP contribution in [0, 0.1) is 5.41 Å². The Morgan fingerprint density at radius 3 is 2.04 bits per heavy atom. The molecular weight excluding hydrogens is 304 g/mol. The molecule has 1 heterocycles. The topological polar surface area (TPSA) is 91.3 Å². The summed E-state index contributed by atoms with van der Waals surface area (Å²) in [5.74, 6) is -0.184. The van der Waals surface area contributed by atoms with E-state index in [9.17, 15) is 9.59 Å². The van der Waals surface area contributed by atoms with Crippen molar-refractivity contribution in [3.63, 3.8) is 0 Å². The Kier molecular flexibility index (Phi) is 7.57. The fourth-order valence-electron chi connectivity index (χ4n) is 1.24. The van der Waals surface area contributed by atoms with Crippen molar-refractivity contribution in [3.05, 3.63) is 11.5 Å². The van der Waals surface area contributed by atoms with E-state index >= 15 is 0 Å². The number of rotatable bonds is 6. The number of hydrogen-bond donors (Lipinski definition) is 1. The monoisotopic (exact) mass is 332 g/mol. The Bertz CT molecular complexity index is 461. The number of cyclic esters (lactones) is 1. The summed E-state index contributed by atoms with van der Waals surface area (Å²) < 4.78 is 8.85. The van der Waals surface area contributed by atoms with Crippen LogP contribution in [0.15, 0.2) is 11.5 Å². The summed E-state index contributed by atoms with van der Waals surface area (Å²) >= 11 is 0. The number of carbonyl (C=O) groups excluding carboxylic acids is 1. The van der Waals surface area contributed by atoms with Crippen LogP contribution in [0.3, 0.4) is 0 Å². The molecule has 0 saturated heterocycles. The lowest BCUT2D eigenvalue weighted by atomic mass is 9.75. The van der Waals surface area contributed by atoms with Crippen LogP contribution in [-0.4, -0.2) is 28.9 Å². The second kappa shape index (κ2) is 8.19. The Morgan fingerprint density at radius 2 is 1.78 bits per heavy atom. The first-order valence-electron chi connectivity index (χ1n) is 7.52. The van der Waals surface area contributed by atoms with Gasteiger partial charge in [0.25, 0.3) is 0 Å². The molecule has 134 valence electrons. The normalized spacial score (nSPS) is 14.6. The Hall–Kier alpha value is -1.76. The molecule has 0 aliphatic carbocycles. The largest absolute Gasteiger partial charge is 0.506 e. The van der Waals surface area contributed by atoms with Crippen molar-refractivity contribution in [3.8, 4) is 0 Å². The summed E-state index contributed by atoms with van der Waals surface area (Å²) in [6, 6.07) is 0. The van der Waals surface area contributed by atoms with Crippen molar-refractivity contribution in [2.75, 3.05) is 0 Å². The van der Waals surface area contributed by atoms with E-state index in [0.717, 1.165) is 6.42 Å². The van der Waals surface area contributed by atoms with E-state index in [4.69, 9.17) is 14.9 Å². The molecule has 0 amide bonds. The van der Waals surface area contributed by atoms with Crippen molar-refractivity contribution in [1.82, 2.24) is 0 Å². The minimum Gasteiger partial charge on any atom is -0.450 e. The van der Waals surface area contributed by atoms with Crippen LogP contribution in [0.25, 0.3) is 0 Å². The number of carboxylic acid groups (broad SMARTS) is 1. The van der Waals surface area contributed by atoms with Crippen LogP contribution in [0.2, 0.25) is 0 Å². The highest BCUT2D eigenvalue weighted by Gasteiger charge is 2.40. The summed E-state index contributed by atoms with van der Waals surface area (Å²) in [5, 5.41) is 7.86. The molecule has 0 bridgehead atoms. The number of ether oxygens (including phenoxy) is 2. The van der Waals surface area contributed by atoms with Gasteiger partial charge in [0.15, 0.2) is 0 Å². The quantitative estimate of drug-likeness (QED) is 0.446. The van der Waals surface area contributed by atoms with Gasteiger partial charge in [0, 0.05) is 0 Å². The fraction of sp³-hybridized carbons (Fsp3) is 0.750. The summed E-state index contributed by atoms with van der Waals surface area (Å²) in [7, 11) is 0.